The van der Waals surface area contributed by atoms with Crippen molar-refractivity contribution in [1.29, 1.82) is 0 Å². The minimum Gasteiger partial charge on any atom is -0.497 e. The van der Waals surface area contributed by atoms with Crippen molar-refractivity contribution in [2.45, 2.75) is 6.54 Å². The lowest BCUT2D eigenvalue weighted by atomic mass is 10.2. The second-order valence-corrected chi connectivity index (χ2v) is 4.75. The summed E-state index contributed by atoms with van der Waals surface area (Å²) >= 11 is 12.0. The Hall–Kier alpha value is -1.45. The molecule has 2 aromatic carbocycles. The predicted molar refractivity (Wildman–Crippen MR) is 76.7 cm³/mol. The van der Waals surface area contributed by atoms with E-state index in [2.05, 4.69) is 5.32 Å². The zero-order chi connectivity index (χ0) is 13.8. The normalized spacial score (nSPS) is 10.3. The van der Waals surface area contributed by atoms with Gasteiger partial charge in [0.25, 0.3) is 0 Å². The summed E-state index contributed by atoms with van der Waals surface area (Å²) in [6, 6.07) is 9.60. The lowest BCUT2D eigenvalue weighted by Crippen LogP contribution is -2.01. The molecule has 0 bridgehead atoms. The van der Waals surface area contributed by atoms with Crippen molar-refractivity contribution in [2.75, 3.05) is 12.4 Å². The summed E-state index contributed by atoms with van der Waals surface area (Å²) in [5, 5.41) is 4.11. The van der Waals surface area contributed by atoms with Crippen molar-refractivity contribution >= 4 is 28.9 Å². The first-order chi connectivity index (χ1) is 9.10. The Morgan fingerprint density at radius 2 is 1.89 bits per heavy atom. The van der Waals surface area contributed by atoms with Crippen LogP contribution >= 0.6 is 23.2 Å². The van der Waals surface area contributed by atoms with Gasteiger partial charge in [-0.05, 0) is 29.8 Å². The molecule has 0 aliphatic rings. The van der Waals surface area contributed by atoms with Gasteiger partial charge in [0.05, 0.1) is 17.8 Å². The van der Waals surface area contributed by atoms with Gasteiger partial charge in [-0.1, -0.05) is 29.3 Å². The van der Waals surface area contributed by atoms with Gasteiger partial charge in [-0.2, -0.15) is 0 Å². The number of hydrogen-bond donors (Lipinski definition) is 1. The van der Waals surface area contributed by atoms with Crippen LogP contribution in [0.3, 0.4) is 0 Å². The molecule has 0 fully saturated rings. The van der Waals surface area contributed by atoms with E-state index in [-0.39, 0.29) is 5.82 Å². The number of hydrogen-bond acceptors (Lipinski definition) is 2. The maximum absolute atomic E-state index is 12.9. The van der Waals surface area contributed by atoms with Crippen molar-refractivity contribution in [2.24, 2.45) is 0 Å². The molecule has 2 nitrogen and oxygen atoms in total. The number of rotatable bonds is 4. The molecular formula is C14H12Cl2FNO. The second kappa shape index (κ2) is 6.13. The third kappa shape index (κ3) is 3.52. The lowest BCUT2D eigenvalue weighted by Gasteiger charge is -2.11. The van der Waals surface area contributed by atoms with Crippen molar-refractivity contribution < 1.29 is 9.13 Å². The molecule has 0 saturated carbocycles. The lowest BCUT2D eigenvalue weighted by molar-refractivity contribution is 0.415. The fourth-order valence-electron chi connectivity index (χ4n) is 1.62. The van der Waals surface area contributed by atoms with Gasteiger partial charge in [-0.3, -0.25) is 0 Å². The summed E-state index contributed by atoms with van der Waals surface area (Å²) in [7, 11) is 1.59. The largest absolute Gasteiger partial charge is 0.497 e. The molecule has 2 aromatic rings. The van der Waals surface area contributed by atoms with Crippen molar-refractivity contribution in [1.82, 2.24) is 0 Å². The fourth-order valence-corrected chi connectivity index (χ4v) is 2.04. The smallest absolute Gasteiger partial charge is 0.124 e. The summed E-state index contributed by atoms with van der Waals surface area (Å²) in [6.07, 6.45) is 0. The van der Waals surface area contributed by atoms with Gasteiger partial charge in [-0.25, -0.2) is 4.39 Å². The first kappa shape index (κ1) is 14.0. The van der Waals surface area contributed by atoms with Crippen molar-refractivity contribution in [3.63, 3.8) is 0 Å². The van der Waals surface area contributed by atoms with Gasteiger partial charge < -0.3 is 10.1 Å². The van der Waals surface area contributed by atoms with E-state index in [1.165, 1.54) is 12.1 Å². The van der Waals surface area contributed by atoms with Crippen molar-refractivity contribution in [3.05, 3.63) is 57.8 Å². The number of methoxy groups -OCH3 is 1. The molecule has 2 rings (SSSR count). The Kier molecular flexibility index (Phi) is 4.51. The highest BCUT2D eigenvalue weighted by Crippen LogP contribution is 2.28. The minimum absolute atomic E-state index is 0.354. The molecule has 100 valence electrons. The topological polar surface area (TPSA) is 21.3 Å². The Balaban J connectivity index is 2.14. The molecule has 0 aliphatic heterocycles. The molecule has 19 heavy (non-hydrogen) atoms. The maximum Gasteiger partial charge on any atom is 0.124 e. The van der Waals surface area contributed by atoms with Crippen LogP contribution in [0.15, 0.2) is 36.4 Å². The molecule has 0 spiro atoms. The number of anilines is 1. The molecule has 5 heteroatoms. The standard InChI is InChI=1S/C14H12Cl2FNO/c1-19-11-4-5-12(15)14(7-11)18-8-9-2-3-10(17)6-13(9)16/h2-7,18H,8H2,1H3. The van der Waals surface area contributed by atoms with E-state index in [1.807, 2.05) is 0 Å². The quantitative estimate of drug-likeness (QED) is 0.879. The maximum atomic E-state index is 12.9. The average molecular weight is 300 g/mol. The highest BCUT2D eigenvalue weighted by Gasteiger charge is 2.05. The van der Waals surface area contributed by atoms with Gasteiger partial charge in [0, 0.05) is 17.6 Å². The Morgan fingerprint density at radius 1 is 1.11 bits per heavy atom. The SMILES string of the molecule is COc1ccc(Cl)c(NCc2ccc(F)cc2Cl)c1. The number of halogens is 3. The summed E-state index contributed by atoms with van der Waals surface area (Å²) in [6.45, 7) is 0.450. The van der Waals surface area contributed by atoms with E-state index >= 15 is 0 Å². The van der Waals surface area contributed by atoms with Gasteiger partial charge in [0.15, 0.2) is 0 Å². The van der Waals surface area contributed by atoms with E-state index < -0.39 is 0 Å². The van der Waals surface area contributed by atoms with Crippen LogP contribution in [0.4, 0.5) is 10.1 Å². The van der Waals surface area contributed by atoms with E-state index in [0.717, 1.165) is 11.3 Å². The monoisotopic (exact) mass is 299 g/mol. The molecule has 0 heterocycles. The van der Waals surface area contributed by atoms with Gasteiger partial charge in [0.1, 0.15) is 11.6 Å². The molecule has 0 unspecified atom stereocenters. The van der Waals surface area contributed by atoms with Crippen LogP contribution in [0, 0.1) is 5.82 Å². The van der Waals surface area contributed by atoms with Crippen LogP contribution in [0.1, 0.15) is 5.56 Å². The molecule has 0 saturated heterocycles. The Morgan fingerprint density at radius 3 is 2.58 bits per heavy atom. The van der Waals surface area contributed by atoms with Crippen LogP contribution in [-0.4, -0.2) is 7.11 Å². The third-order valence-corrected chi connectivity index (χ3v) is 3.34. The third-order valence-electron chi connectivity index (χ3n) is 2.66. The average Bonchev–Trinajstić information content (AvgIpc) is 2.39. The number of nitrogens with one attached hydrogen (secondary N) is 1. The molecule has 1 N–H and O–H groups in total. The molecular weight excluding hydrogens is 288 g/mol. The fraction of sp³-hybridized carbons (Fsp3) is 0.143. The highest BCUT2D eigenvalue weighted by molar-refractivity contribution is 6.33. The summed E-state index contributed by atoms with van der Waals surface area (Å²) in [4.78, 5) is 0. The summed E-state index contributed by atoms with van der Waals surface area (Å²) < 4.78 is 18.1. The molecule has 0 aliphatic carbocycles. The van der Waals surface area contributed by atoms with Crippen molar-refractivity contribution in [3.8, 4) is 5.75 Å². The van der Waals surface area contributed by atoms with Crippen LogP contribution < -0.4 is 10.1 Å². The van der Waals surface area contributed by atoms with Gasteiger partial charge in [0.2, 0.25) is 0 Å². The van der Waals surface area contributed by atoms with Crippen LogP contribution in [0.5, 0.6) is 5.75 Å². The predicted octanol–water partition coefficient (Wildman–Crippen LogP) is 4.75. The second-order valence-electron chi connectivity index (χ2n) is 3.94. The zero-order valence-corrected chi connectivity index (χ0v) is 11.7. The van der Waals surface area contributed by atoms with Gasteiger partial charge >= 0.3 is 0 Å². The Bertz CT molecular complexity index is 590. The number of ether oxygens (including phenoxy) is 1. The molecule has 0 atom stereocenters. The van der Waals surface area contributed by atoms with E-state index in [4.69, 9.17) is 27.9 Å². The van der Waals surface area contributed by atoms with E-state index in [1.54, 1.807) is 31.4 Å². The first-order valence-electron chi connectivity index (χ1n) is 5.61. The summed E-state index contributed by atoms with van der Waals surface area (Å²) in [5.41, 5.74) is 1.53. The van der Waals surface area contributed by atoms with Crippen LogP contribution in [0.25, 0.3) is 0 Å². The van der Waals surface area contributed by atoms with Crippen LogP contribution in [-0.2, 0) is 6.54 Å². The molecule has 0 radical (unpaired) electrons. The first-order valence-corrected chi connectivity index (χ1v) is 6.37. The molecule has 0 aromatic heterocycles. The number of benzene rings is 2. The van der Waals surface area contributed by atoms with Crippen LogP contribution in [0.2, 0.25) is 10.0 Å². The summed E-state index contributed by atoms with van der Waals surface area (Å²) in [5.74, 6) is 0.352. The highest BCUT2D eigenvalue weighted by atomic mass is 35.5. The van der Waals surface area contributed by atoms with E-state index in [0.29, 0.717) is 22.3 Å². The Labute approximate surface area is 121 Å². The zero-order valence-electron chi connectivity index (χ0n) is 10.2. The van der Waals surface area contributed by atoms with Gasteiger partial charge in [-0.15, -0.1) is 0 Å². The van der Waals surface area contributed by atoms with E-state index in [9.17, 15) is 4.39 Å². The molecule has 0 amide bonds. The minimum atomic E-state index is -0.354.